The third-order valence-electron chi connectivity index (χ3n) is 1.81. The van der Waals surface area contributed by atoms with E-state index in [2.05, 4.69) is 46.1 Å². The quantitative estimate of drug-likeness (QED) is 0.454. The first-order valence-corrected chi connectivity index (χ1v) is 8.39. The van der Waals surface area contributed by atoms with Gasteiger partial charge in [0.15, 0.2) is 0 Å². The van der Waals surface area contributed by atoms with Crippen LogP contribution in [-0.4, -0.2) is 8.07 Å². The highest BCUT2D eigenvalue weighted by atomic mass is 28.3. The van der Waals surface area contributed by atoms with Crippen LogP contribution in [0.4, 0.5) is 0 Å². The van der Waals surface area contributed by atoms with Crippen LogP contribution in [0.5, 0.6) is 0 Å². The van der Waals surface area contributed by atoms with E-state index in [9.17, 15) is 0 Å². The lowest BCUT2D eigenvalue weighted by Crippen LogP contribution is -2.21. The van der Waals surface area contributed by atoms with Crippen molar-refractivity contribution in [3.05, 3.63) is 24.3 Å². The van der Waals surface area contributed by atoms with Crippen LogP contribution in [-0.2, 0) is 0 Å². The van der Waals surface area contributed by atoms with Gasteiger partial charge in [-0.3, -0.25) is 0 Å². The van der Waals surface area contributed by atoms with Crippen molar-refractivity contribution in [2.75, 3.05) is 0 Å². The molecular formula is C11H22Si. The predicted octanol–water partition coefficient (Wildman–Crippen LogP) is 4.09. The van der Waals surface area contributed by atoms with Crippen molar-refractivity contribution in [1.29, 1.82) is 0 Å². The zero-order valence-electron chi connectivity index (χ0n) is 9.15. The van der Waals surface area contributed by atoms with Crippen LogP contribution in [0, 0.1) is 5.92 Å². The van der Waals surface area contributed by atoms with E-state index in [4.69, 9.17) is 0 Å². The molecule has 0 aromatic rings. The van der Waals surface area contributed by atoms with Crippen molar-refractivity contribution >= 4 is 8.07 Å². The fourth-order valence-electron chi connectivity index (χ4n) is 1.22. The van der Waals surface area contributed by atoms with Crippen LogP contribution in [0.25, 0.3) is 0 Å². The fourth-order valence-corrected chi connectivity index (χ4v) is 2.97. The lowest BCUT2D eigenvalue weighted by atomic mass is 10.1. The van der Waals surface area contributed by atoms with Gasteiger partial charge in [-0.25, -0.2) is 0 Å². The zero-order chi connectivity index (χ0) is 9.78. The fraction of sp³-hybridized carbons (Fsp3) is 0.636. The summed E-state index contributed by atoms with van der Waals surface area (Å²) in [4.78, 5) is 0. The summed E-state index contributed by atoms with van der Waals surface area (Å²) in [5, 5.41) is 0. The van der Waals surface area contributed by atoms with Crippen molar-refractivity contribution in [2.45, 2.75) is 39.5 Å². The van der Waals surface area contributed by atoms with Crippen LogP contribution < -0.4 is 0 Å². The summed E-state index contributed by atoms with van der Waals surface area (Å²) in [6.07, 6.45) is 4.10. The molecule has 0 saturated heterocycles. The summed E-state index contributed by atoms with van der Waals surface area (Å²) in [6.45, 7) is 15.5. The smallest absolute Gasteiger partial charge is 0.0483 e. The molecule has 0 N–H and O–H groups in total. The highest BCUT2D eigenvalue weighted by molar-refractivity contribution is 6.76. The normalized spacial score (nSPS) is 13.7. The van der Waals surface area contributed by atoms with Gasteiger partial charge in [-0.2, -0.15) is 0 Å². The van der Waals surface area contributed by atoms with E-state index in [1.54, 1.807) is 5.57 Å². The van der Waals surface area contributed by atoms with Gasteiger partial charge in [-0.05, 0) is 12.0 Å². The minimum absolute atomic E-state index is 0.676. The largest absolute Gasteiger partial charge is 0.0991 e. The molecule has 0 radical (unpaired) electrons. The first-order chi connectivity index (χ1) is 5.37. The van der Waals surface area contributed by atoms with E-state index in [1.807, 2.05) is 6.08 Å². The minimum Gasteiger partial charge on any atom is -0.0991 e. The van der Waals surface area contributed by atoms with Gasteiger partial charge in [0.05, 0.1) is 0 Å². The number of allylic oxidation sites excluding steroid dienone is 3. The van der Waals surface area contributed by atoms with Crippen LogP contribution in [0.3, 0.4) is 0 Å². The van der Waals surface area contributed by atoms with Crippen LogP contribution in [0.2, 0.25) is 25.7 Å². The van der Waals surface area contributed by atoms with Crippen LogP contribution in [0.15, 0.2) is 24.3 Å². The topological polar surface area (TPSA) is 0 Å². The second-order valence-electron chi connectivity index (χ2n) is 4.87. The van der Waals surface area contributed by atoms with Gasteiger partial charge in [-0.1, -0.05) is 57.8 Å². The molecule has 0 aromatic carbocycles. The highest BCUT2D eigenvalue weighted by Crippen LogP contribution is 2.22. The maximum Gasteiger partial charge on any atom is 0.0483 e. The van der Waals surface area contributed by atoms with E-state index in [0.29, 0.717) is 5.92 Å². The van der Waals surface area contributed by atoms with Crippen molar-refractivity contribution < 1.29 is 0 Å². The van der Waals surface area contributed by atoms with Gasteiger partial charge in [0.2, 0.25) is 0 Å². The predicted molar refractivity (Wildman–Crippen MR) is 61.3 cm³/mol. The molecule has 0 fully saturated rings. The molecule has 0 aromatic heterocycles. The molecule has 0 aliphatic rings. The standard InChI is InChI=1S/C11H22Si/c1-7-8-11(10(2)3)9-12(4,5)6/h7-8,10H,1,9H2,2-6H3/b11-8-. The Morgan fingerprint density at radius 3 is 2.08 bits per heavy atom. The van der Waals surface area contributed by atoms with Crippen LogP contribution >= 0.6 is 0 Å². The molecule has 70 valence electrons. The van der Waals surface area contributed by atoms with E-state index in [-0.39, 0.29) is 0 Å². The lowest BCUT2D eigenvalue weighted by molar-refractivity contribution is 0.765. The van der Waals surface area contributed by atoms with Gasteiger partial charge in [-0.15, -0.1) is 0 Å². The number of hydrogen-bond acceptors (Lipinski definition) is 0. The molecular weight excluding hydrogens is 160 g/mol. The first-order valence-electron chi connectivity index (χ1n) is 4.68. The first kappa shape index (κ1) is 11.7. The Morgan fingerprint density at radius 1 is 1.33 bits per heavy atom. The average molecular weight is 182 g/mol. The molecule has 0 saturated carbocycles. The van der Waals surface area contributed by atoms with Crippen LogP contribution in [0.1, 0.15) is 13.8 Å². The summed E-state index contributed by atoms with van der Waals surface area (Å²) in [6, 6.07) is 1.30. The van der Waals surface area contributed by atoms with E-state index < -0.39 is 8.07 Å². The Morgan fingerprint density at radius 2 is 1.83 bits per heavy atom. The molecule has 0 spiro atoms. The van der Waals surface area contributed by atoms with Crippen molar-refractivity contribution in [2.24, 2.45) is 5.92 Å². The molecule has 0 rings (SSSR count). The molecule has 0 nitrogen and oxygen atoms in total. The summed E-state index contributed by atoms with van der Waals surface area (Å²) >= 11 is 0. The Kier molecular flexibility index (Phi) is 4.54. The SMILES string of the molecule is C=C/C=C(/C[Si](C)(C)C)C(C)C. The summed E-state index contributed by atoms with van der Waals surface area (Å²) in [5.74, 6) is 0.676. The monoisotopic (exact) mass is 182 g/mol. The molecule has 0 unspecified atom stereocenters. The second-order valence-corrected chi connectivity index (χ2v) is 10.3. The van der Waals surface area contributed by atoms with E-state index >= 15 is 0 Å². The molecule has 1 heteroatoms. The molecule has 0 atom stereocenters. The second kappa shape index (κ2) is 4.66. The Bertz CT molecular complexity index is 170. The van der Waals surface area contributed by atoms with Gasteiger partial charge in [0.1, 0.15) is 0 Å². The minimum atomic E-state index is -0.936. The average Bonchev–Trinajstić information content (AvgIpc) is 1.83. The molecule has 12 heavy (non-hydrogen) atoms. The molecule has 0 amide bonds. The van der Waals surface area contributed by atoms with Gasteiger partial charge < -0.3 is 0 Å². The third kappa shape index (κ3) is 5.36. The van der Waals surface area contributed by atoms with E-state index in [0.717, 1.165) is 0 Å². The Labute approximate surface area is 78.4 Å². The molecule has 0 aliphatic carbocycles. The van der Waals surface area contributed by atoms with Crippen molar-refractivity contribution in [3.8, 4) is 0 Å². The Balaban J connectivity index is 4.35. The molecule has 0 bridgehead atoms. The maximum absolute atomic E-state index is 3.75. The zero-order valence-corrected chi connectivity index (χ0v) is 10.1. The lowest BCUT2D eigenvalue weighted by Gasteiger charge is -2.20. The van der Waals surface area contributed by atoms with Gasteiger partial charge >= 0.3 is 0 Å². The molecule has 0 heterocycles. The number of hydrogen-bond donors (Lipinski definition) is 0. The Hall–Kier alpha value is -0.303. The summed E-state index contributed by atoms with van der Waals surface area (Å²) < 4.78 is 0. The highest BCUT2D eigenvalue weighted by Gasteiger charge is 2.16. The van der Waals surface area contributed by atoms with Gasteiger partial charge in [0, 0.05) is 8.07 Å². The maximum atomic E-state index is 3.75. The number of rotatable bonds is 4. The van der Waals surface area contributed by atoms with Crippen molar-refractivity contribution in [1.82, 2.24) is 0 Å². The molecule has 0 aliphatic heterocycles. The van der Waals surface area contributed by atoms with E-state index in [1.165, 1.54) is 6.04 Å². The summed E-state index contributed by atoms with van der Waals surface area (Å²) in [5.41, 5.74) is 1.56. The third-order valence-corrected chi connectivity index (χ3v) is 3.28. The van der Waals surface area contributed by atoms with Gasteiger partial charge in [0.25, 0.3) is 0 Å². The summed E-state index contributed by atoms with van der Waals surface area (Å²) in [7, 11) is -0.936. The van der Waals surface area contributed by atoms with Crippen molar-refractivity contribution in [3.63, 3.8) is 0 Å².